The predicted octanol–water partition coefficient (Wildman–Crippen LogP) is 2.90. The molecule has 4 nitrogen and oxygen atoms in total. The summed E-state index contributed by atoms with van der Waals surface area (Å²) < 4.78 is 33.5. The average Bonchev–Trinajstić information content (AvgIpc) is 2.37. The zero-order chi connectivity index (χ0) is 14.4. The summed E-state index contributed by atoms with van der Waals surface area (Å²) in [5, 5.41) is 9.00. The Hall–Kier alpha value is -2.16. The lowest BCUT2D eigenvalue weighted by Crippen LogP contribution is -2.11. The molecule has 0 spiro atoms. The van der Waals surface area contributed by atoms with Gasteiger partial charge in [0.15, 0.2) is 0 Å². The lowest BCUT2D eigenvalue weighted by atomic mass is 9.99. The minimum Gasteiger partial charge on any atom is -0.462 e. The van der Waals surface area contributed by atoms with Crippen molar-refractivity contribution in [1.82, 2.24) is 0 Å². The van der Waals surface area contributed by atoms with Crippen molar-refractivity contribution in [3.05, 3.63) is 28.8 Å². The first-order valence-corrected chi connectivity index (χ1v) is 5.72. The summed E-state index contributed by atoms with van der Waals surface area (Å²) >= 11 is 0. The maximum atomic E-state index is 12.2. The molecule has 1 aromatic carbocycles. The summed E-state index contributed by atoms with van der Waals surface area (Å²) in [4.78, 5) is 11.8. The molecule has 1 aromatic rings. The first-order valence-electron chi connectivity index (χ1n) is 5.72. The topological polar surface area (TPSA) is 59.3 Å². The van der Waals surface area contributed by atoms with Gasteiger partial charge in [-0.05, 0) is 31.0 Å². The largest absolute Gasteiger partial charge is 0.462 e. The van der Waals surface area contributed by atoms with Gasteiger partial charge in [-0.15, -0.1) is 0 Å². The zero-order valence-corrected chi connectivity index (χ0v) is 10.6. The number of ether oxygens (including phenoxy) is 2. The maximum Gasteiger partial charge on any atom is 0.387 e. The fourth-order valence-corrected chi connectivity index (χ4v) is 1.69. The van der Waals surface area contributed by atoms with E-state index in [1.54, 1.807) is 13.8 Å². The van der Waals surface area contributed by atoms with Crippen LogP contribution < -0.4 is 4.74 Å². The molecule has 0 heterocycles. The summed E-state index contributed by atoms with van der Waals surface area (Å²) in [6.07, 6.45) is 0.409. The summed E-state index contributed by atoms with van der Waals surface area (Å²) in [6, 6.07) is 4.22. The Kier molecular flexibility index (Phi) is 5.24. The van der Waals surface area contributed by atoms with Gasteiger partial charge >= 0.3 is 12.6 Å². The Labute approximate surface area is 109 Å². The van der Waals surface area contributed by atoms with Crippen LogP contribution in [0.15, 0.2) is 12.1 Å². The molecule has 0 aliphatic carbocycles. The van der Waals surface area contributed by atoms with Crippen LogP contribution in [0.1, 0.15) is 35.3 Å². The van der Waals surface area contributed by atoms with Crippen LogP contribution in [-0.4, -0.2) is 19.2 Å². The van der Waals surface area contributed by atoms with Crippen molar-refractivity contribution in [3.8, 4) is 11.8 Å². The minimum absolute atomic E-state index is 0.0825. The first-order chi connectivity index (χ1) is 9.03. The first kappa shape index (κ1) is 14.9. The molecule has 0 saturated heterocycles. The van der Waals surface area contributed by atoms with Crippen molar-refractivity contribution >= 4 is 5.97 Å². The number of alkyl halides is 2. The van der Waals surface area contributed by atoms with E-state index < -0.39 is 12.6 Å². The molecule has 0 saturated carbocycles. The van der Waals surface area contributed by atoms with E-state index in [0.29, 0.717) is 12.0 Å². The fourth-order valence-electron chi connectivity index (χ4n) is 1.69. The molecule has 1 rings (SSSR count). The number of esters is 1. The van der Waals surface area contributed by atoms with Crippen LogP contribution in [-0.2, 0) is 11.2 Å². The Bertz CT molecular complexity index is 509. The van der Waals surface area contributed by atoms with Gasteiger partial charge in [0.2, 0.25) is 0 Å². The van der Waals surface area contributed by atoms with Crippen molar-refractivity contribution in [1.29, 1.82) is 5.26 Å². The number of hydrogen-bond acceptors (Lipinski definition) is 4. The van der Waals surface area contributed by atoms with Crippen molar-refractivity contribution < 1.29 is 23.0 Å². The third kappa shape index (κ3) is 3.65. The third-order valence-electron chi connectivity index (χ3n) is 2.42. The minimum atomic E-state index is -3.02. The average molecular weight is 269 g/mol. The fraction of sp³-hybridized carbons (Fsp3) is 0.385. The van der Waals surface area contributed by atoms with Crippen molar-refractivity contribution in [2.45, 2.75) is 26.9 Å². The molecule has 102 valence electrons. The Morgan fingerprint density at radius 3 is 2.58 bits per heavy atom. The van der Waals surface area contributed by atoms with Gasteiger partial charge < -0.3 is 9.47 Å². The third-order valence-corrected chi connectivity index (χ3v) is 2.42. The van der Waals surface area contributed by atoms with Crippen LogP contribution in [0.25, 0.3) is 0 Å². The van der Waals surface area contributed by atoms with E-state index >= 15 is 0 Å². The van der Waals surface area contributed by atoms with Gasteiger partial charge in [-0.3, -0.25) is 0 Å². The molecule has 0 radical (unpaired) electrons. The highest BCUT2D eigenvalue weighted by Crippen LogP contribution is 2.25. The lowest BCUT2D eigenvalue weighted by molar-refractivity contribution is -0.0499. The van der Waals surface area contributed by atoms with E-state index in [9.17, 15) is 13.6 Å². The number of nitrogens with zero attached hydrogens (tertiary/aromatic N) is 1. The number of carbonyl (C=O) groups excluding carboxylic acids is 1. The number of hydrogen-bond donors (Lipinski definition) is 0. The molecule has 0 bridgehead atoms. The van der Waals surface area contributed by atoms with Crippen molar-refractivity contribution in [2.24, 2.45) is 0 Å². The zero-order valence-electron chi connectivity index (χ0n) is 10.6. The predicted molar refractivity (Wildman–Crippen MR) is 63.1 cm³/mol. The van der Waals surface area contributed by atoms with E-state index in [-0.39, 0.29) is 23.5 Å². The second kappa shape index (κ2) is 6.69. The molecule has 0 fully saturated rings. The highest BCUT2D eigenvalue weighted by Gasteiger charge is 2.18. The summed E-state index contributed by atoms with van der Waals surface area (Å²) in [6.45, 7) is 0.527. The number of nitriles is 1. The summed E-state index contributed by atoms with van der Waals surface area (Å²) in [7, 11) is 0. The molecule has 0 aromatic heterocycles. The highest BCUT2D eigenvalue weighted by atomic mass is 19.3. The second-order valence-electron chi connectivity index (χ2n) is 3.56. The Balaban J connectivity index is 3.32. The molecule has 0 atom stereocenters. The van der Waals surface area contributed by atoms with Gasteiger partial charge in [0.1, 0.15) is 5.75 Å². The van der Waals surface area contributed by atoms with E-state index in [4.69, 9.17) is 10.00 Å². The van der Waals surface area contributed by atoms with Crippen LogP contribution in [0.5, 0.6) is 5.75 Å². The van der Waals surface area contributed by atoms with Crippen molar-refractivity contribution in [3.63, 3.8) is 0 Å². The molecule has 19 heavy (non-hydrogen) atoms. The van der Waals surface area contributed by atoms with E-state index in [1.165, 1.54) is 12.1 Å². The van der Waals surface area contributed by atoms with E-state index in [2.05, 4.69) is 4.74 Å². The van der Waals surface area contributed by atoms with Gasteiger partial charge in [0.05, 0.1) is 23.8 Å². The molecule has 0 unspecified atom stereocenters. The molecular formula is C13H13F2NO3. The molecule has 0 aliphatic rings. The number of benzene rings is 1. The Morgan fingerprint density at radius 2 is 2.11 bits per heavy atom. The number of carbonyl (C=O) groups is 1. The van der Waals surface area contributed by atoms with Gasteiger partial charge in [0, 0.05) is 0 Å². The van der Waals surface area contributed by atoms with Crippen LogP contribution in [0.4, 0.5) is 8.78 Å². The summed E-state index contributed by atoms with van der Waals surface area (Å²) in [5.74, 6) is -0.887. The molecule has 0 aliphatic heterocycles. The lowest BCUT2D eigenvalue weighted by Gasteiger charge is -2.12. The normalized spacial score (nSPS) is 10.1. The van der Waals surface area contributed by atoms with Gasteiger partial charge in [-0.1, -0.05) is 6.92 Å². The maximum absolute atomic E-state index is 12.2. The quantitative estimate of drug-likeness (QED) is 0.771. The molecule has 0 N–H and O–H groups in total. The Morgan fingerprint density at radius 1 is 1.42 bits per heavy atom. The SMILES string of the molecule is CCOC(=O)c1cc(OC(F)F)cc(C#N)c1CC. The second-order valence-corrected chi connectivity index (χ2v) is 3.56. The van der Waals surface area contributed by atoms with Crippen LogP contribution in [0.2, 0.25) is 0 Å². The van der Waals surface area contributed by atoms with Gasteiger partial charge in [-0.25, -0.2) is 4.79 Å². The number of halogens is 2. The van der Waals surface area contributed by atoms with E-state index in [0.717, 1.165) is 0 Å². The smallest absolute Gasteiger partial charge is 0.387 e. The van der Waals surface area contributed by atoms with Crippen molar-refractivity contribution in [2.75, 3.05) is 6.61 Å². The molecular weight excluding hydrogens is 256 g/mol. The number of rotatable bonds is 5. The molecule has 0 amide bonds. The summed E-state index contributed by atoms with van der Waals surface area (Å²) in [5.41, 5.74) is 0.672. The highest BCUT2D eigenvalue weighted by molar-refractivity contribution is 5.92. The van der Waals surface area contributed by atoms with Crippen LogP contribution in [0.3, 0.4) is 0 Å². The van der Waals surface area contributed by atoms with E-state index in [1.807, 2.05) is 6.07 Å². The monoisotopic (exact) mass is 269 g/mol. The van der Waals surface area contributed by atoms with Gasteiger partial charge in [0.25, 0.3) is 0 Å². The van der Waals surface area contributed by atoms with Crippen LogP contribution >= 0.6 is 0 Å². The standard InChI is InChI=1S/C13H13F2NO3/c1-3-10-8(7-16)5-9(19-13(14)15)6-11(10)12(17)18-4-2/h5-6,13H,3-4H2,1-2H3. The molecule has 6 heteroatoms. The van der Waals surface area contributed by atoms with Gasteiger partial charge in [-0.2, -0.15) is 14.0 Å². The van der Waals surface area contributed by atoms with Crippen LogP contribution in [0, 0.1) is 11.3 Å².